The number of amides is 1. The van der Waals surface area contributed by atoms with E-state index in [-0.39, 0.29) is 5.91 Å². The summed E-state index contributed by atoms with van der Waals surface area (Å²) < 4.78 is 0. The van der Waals surface area contributed by atoms with Crippen molar-refractivity contribution >= 4 is 17.7 Å². The minimum atomic E-state index is -0.209. The van der Waals surface area contributed by atoms with Gasteiger partial charge in [-0.15, -0.1) is 0 Å². The molecule has 0 unspecified atom stereocenters. The van der Waals surface area contributed by atoms with Crippen LogP contribution in [0.2, 0.25) is 0 Å². The van der Waals surface area contributed by atoms with Crippen LogP contribution in [0.1, 0.15) is 19.8 Å². The maximum Gasteiger partial charge on any atom is 0.217 e. The predicted molar refractivity (Wildman–Crippen MR) is 54.3 cm³/mol. The second-order valence-electron chi connectivity index (χ2n) is 2.52. The molecular weight excluding hydrogens is 172 g/mol. The van der Waals surface area contributed by atoms with Gasteiger partial charge in [0, 0.05) is 18.7 Å². The molecule has 1 amide bonds. The summed E-state index contributed by atoms with van der Waals surface area (Å²) in [5, 5.41) is 3.25. The Kier molecular flexibility index (Phi) is 8.71. The third-order valence-corrected chi connectivity index (χ3v) is 2.31. The molecule has 4 heteroatoms. The highest BCUT2D eigenvalue weighted by molar-refractivity contribution is 7.99. The third-order valence-electron chi connectivity index (χ3n) is 1.40. The van der Waals surface area contributed by atoms with Crippen LogP contribution in [0, 0.1) is 0 Å². The molecule has 12 heavy (non-hydrogen) atoms. The standard InChI is InChI=1S/C8H18N2OS/c1-2-12-7-6-10-5-3-4-8(9)11/h10H,2-7H2,1H3,(H2,9,11). The molecular formula is C8H18N2OS. The van der Waals surface area contributed by atoms with Gasteiger partial charge in [0.1, 0.15) is 0 Å². The predicted octanol–water partition coefficient (Wildman–Crippen LogP) is 0.595. The zero-order valence-electron chi connectivity index (χ0n) is 7.64. The first-order valence-corrected chi connectivity index (χ1v) is 5.49. The highest BCUT2D eigenvalue weighted by Crippen LogP contribution is 1.95. The smallest absolute Gasteiger partial charge is 0.217 e. The minimum Gasteiger partial charge on any atom is -0.370 e. The van der Waals surface area contributed by atoms with Gasteiger partial charge in [-0.25, -0.2) is 0 Å². The number of carbonyl (C=O) groups is 1. The van der Waals surface area contributed by atoms with E-state index in [0.29, 0.717) is 6.42 Å². The summed E-state index contributed by atoms with van der Waals surface area (Å²) in [6.07, 6.45) is 1.35. The number of hydrogen-bond acceptors (Lipinski definition) is 3. The zero-order chi connectivity index (χ0) is 9.23. The Hall–Kier alpha value is -0.220. The maximum atomic E-state index is 10.3. The van der Waals surface area contributed by atoms with Crippen LogP contribution in [0.15, 0.2) is 0 Å². The quantitative estimate of drug-likeness (QED) is 0.551. The molecule has 0 radical (unpaired) electrons. The summed E-state index contributed by atoms with van der Waals surface area (Å²) in [5.74, 6) is 2.11. The largest absolute Gasteiger partial charge is 0.370 e. The van der Waals surface area contributed by atoms with E-state index in [1.807, 2.05) is 11.8 Å². The fourth-order valence-corrected chi connectivity index (χ4v) is 1.38. The first-order valence-electron chi connectivity index (χ1n) is 4.34. The number of hydrogen-bond donors (Lipinski definition) is 2. The van der Waals surface area contributed by atoms with Crippen LogP contribution in [0.3, 0.4) is 0 Å². The minimum absolute atomic E-state index is 0.209. The van der Waals surface area contributed by atoms with Gasteiger partial charge in [-0.2, -0.15) is 11.8 Å². The third kappa shape index (κ3) is 9.78. The molecule has 3 N–H and O–H groups in total. The number of rotatable bonds is 8. The normalized spacial score (nSPS) is 10.1. The number of carbonyl (C=O) groups excluding carboxylic acids is 1. The molecule has 0 spiro atoms. The fraction of sp³-hybridized carbons (Fsp3) is 0.875. The van der Waals surface area contributed by atoms with E-state index in [9.17, 15) is 4.79 Å². The van der Waals surface area contributed by atoms with Crippen LogP contribution in [0.5, 0.6) is 0 Å². The SMILES string of the molecule is CCSCCNCCCC(N)=O. The number of nitrogens with two attached hydrogens (primary N) is 1. The topological polar surface area (TPSA) is 55.1 Å². The summed E-state index contributed by atoms with van der Waals surface area (Å²) in [6, 6.07) is 0. The average Bonchev–Trinajstić information content (AvgIpc) is 2.02. The molecule has 0 aromatic carbocycles. The van der Waals surface area contributed by atoms with Gasteiger partial charge >= 0.3 is 0 Å². The first kappa shape index (κ1) is 11.8. The summed E-state index contributed by atoms with van der Waals surface area (Å²) in [6.45, 7) is 4.07. The molecule has 0 fully saturated rings. The van der Waals surface area contributed by atoms with Gasteiger partial charge in [0.25, 0.3) is 0 Å². The molecule has 0 saturated heterocycles. The van der Waals surface area contributed by atoms with Crippen LogP contribution in [0.25, 0.3) is 0 Å². The Balaban J connectivity index is 2.86. The van der Waals surface area contributed by atoms with Crippen molar-refractivity contribution in [3.63, 3.8) is 0 Å². The maximum absolute atomic E-state index is 10.3. The lowest BCUT2D eigenvalue weighted by atomic mass is 10.3. The fourth-order valence-electron chi connectivity index (χ4n) is 0.801. The van der Waals surface area contributed by atoms with Gasteiger partial charge in [-0.3, -0.25) is 4.79 Å². The van der Waals surface area contributed by atoms with E-state index in [4.69, 9.17) is 5.73 Å². The van der Waals surface area contributed by atoms with Gasteiger partial charge in [0.2, 0.25) is 5.91 Å². The average molecular weight is 190 g/mol. The molecule has 0 aliphatic carbocycles. The highest BCUT2D eigenvalue weighted by atomic mass is 32.2. The Bertz CT molecular complexity index is 120. The second-order valence-corrected chi connectivity index (χ2v) is 3.91. The molecule has 72 valence electrons. The lowest BCUT2D eigenvalue weighted by molar-refractivity contribution is -0.118. The van der Waals surface area contributed by atoms with Crippen molar-refractivity contribution in [2.75, 3.05) is 24.6 Å². The van der Waals surface area contributed by atoms with Crippen LogP contribution >= 0.6 is 11.8 Å². The Labute approximate surface area is 78.5 Å². The van der Waals surface area contributed by atoms with E-state index < -0.39 is 0 Å². The summed E-state index contributed by atoms with van der Waals surface area (Å²) in [7, 11) is 0. The lowest BCUT2D eigenvalue weighted by Crippen LogP contribution is -2.20. The van der Waals surface area contributed by atoms with E-state index in [0.717, 1.165) is 25.3 Å². The molecule has 0 aromatic rings. The second kappa shape index (κ2) is 8.87. The molecule has 0 rings (SSSR count). The molecule has 0 heterocycles. The van der Waals surface area contributed by atoms with E-state index in [1.165, 1.54) is 5.75 Å². The van der Waals surface area contributed by atoms with Crippen LogP contribution in [0.4, 0.5) is 0 Å². The monoisotopic (exact) mass is 190 g/mol. The van der Waals surface area contributed by atoms with Gasteiger partial charge < -0.3 is 11.1 Å². The lowest BCUT2D eigenvalue weighted by Gasteiger charge is -2.01. The molecule has 3 nitrogen and oxygen atoms in total. The molecule has 0 aliphatic rings. The zero-order valence-corrected chi connectivity index (χ0v) is 8.45. The molecule has 0 aromatic heterocycles. The van der Waals surface area contributed by atoms with Crippen molar-refractivity contribution < 1.29 is 4.79 Å². The van der Waals surface area contributed by atoms with Gasteiger partial charge in [0.15, 0.2) is 0 Å². The van der Waals surface area contributed by atoms with Crippen LogP contribution in [-0.4, -0.2) is 30.5 Å². The van der Waals surface area contributed by atoms with Crippen molar-refractivity contribution in [2.45, 2.75) is 19.8 Å². The van der Waals surface area contributed by atoms with E-state index in [1.54, 1.807) is 0 Å². The molecule has 0 saturated carbocycles. The Morgan fingerprint density at radius 2 is 2.25 bits per heavy atom. The number of primary amides is 1. The van der Waals surface area contributed by atoms with Crippen molar-refractivity contribution in [3.05, 3.63) is 0 Å². The van der Waals surface area contributed by atoms with Gasteiger partial charge in [-0.1, -0.05) is 6.92 Å². The van der Waals surface area contributed by atoms with Crippen molar-refractivity contribution in [3.8, 4) is 0 Å². The van der Waals surface area contributed by atoms with Crippen molar-refractivity contribution in [2.24, 2.45) is 5.73 Å². The highest BCUT2D eigenvalue weighted by Gasteiger charge is 1.92. The van der Waals surface area contributed by atoms with Crippen molar-refractivity contribution in [1.29, 1.82) is 0 Å². The van der Waals surface area contributed by atoms with Crippen molar-refractivity contribution in [1.82, 2.24) is 5.32 Å². The Morgan fingerprint density at radius 1 is 1.50 bits per heavy atom. The summed E-state index contributed by atoms with van der Waals surface area (Å²) >= 11 is 1.92. The van der Waals surface area contributed by atoms with E-state index in [2.05, 4.69) is 12.2 Å². The van der Waals surface area contributed by atoms with Crippen LogP contribution < -0.4 is 11.1 Å². The number of nitrogens with one attached hydrogen (secondary N) is 1. The number of thioether (sulfide) groups is 1. The summed E-state index contributed by atoms with van der Waals surface area (Å²) in [4.78, 5) is 10.3. The Morgan fingerprint density at radius 3 is 2.83 bits per heavy atom. The molecule has 0 aliphatic heterocycles. The van der Waals surface area contributed by atoms with E-state index >= 15 is 0 Å². The van der Waals surface area contributed by atoms with Gasteiger partial charge in [0.05, 0.1) is 0 Å². The van der Waals surface area contributed by atoms with Gasteiger partial charge in [-0.05, 0) is 18.7 Å². The molecule has 0 bridgehead atoms. The summed E-state index contributed by atoms with van der Waals surface area (Å²) in [5.41, 5.74) is 4.98. The molecule has 0 atom stereocenters. The van der Waals surface area contributed by atoms with Crippen LogP contribution in [-0.2, 0) is 4.79 Å². The first-order chi connectivity index (χ1) is 5.77.